The monoisotopic (exact) mass is 318 g/mol. The Labute approximate surface area is 138 Å². The Hall–Kier alpha value is -1.68. The summed E-state index contributed by atoms with van der Waals surface area (Å²) >= 11 is 0. The molecule has 1 aliphatic heterocycles. The largest absolute Gasteiger partial charge is 0.396 e. The van der Waals surface area contributed by atoms with Crippen LogP contribution in [0.15, 0.2) is 6.07 Å². The Balaban J connectivity index is 2.15. The summed E-state index contributed by atoms with van der Waals surface area (Å²) in [6, 6.07) is 4.16. The zero-order valence-electron chi connectivity index (χ0n) is 14.2. The van der Waals surface area contributed by atoms with Crippen molar-refractivity contribution in [2.24, 2.45) is 11.8 Å². The van der Waals surface area contributed by atoms with Crippen molar-refractivity contribution in [3.05, 3.63) is 22.9 Å². The molecule has 0 bridgehead atoms. The Bertz CT molecular complexity index is 561. The van der Waals surface area contributed by atoms with E-state index >= 15 is 0 Å². The van der Waals surface area contributed by atoms with Gasteiger partial charge in [-0.2, -0.15) is 5.26 Å². The molecule has 0 amide bonds. The minimum absolute atomic E-state index is 0.145. The van der Waals surface area contributed by atoms with Gasteiger partial charge in [0.1, 0.15) is 11.9 Å². The molecule has 2 heterocycles. The van der Waals surface area contributed by atoms with E-state index in [1.165, 1.54) is 0 Å². The topological polar surface area (TPSA) is 83.6 Å². The molecule has 2 atom stereocenters. The number of nitriles is 1. The van der Waals surface area contributed by atoms with E-state index in [1.54, 1.807) is 0 Å². The van der Waals surface area contributed by atoms with E-state index in [0.717, 1.165) is 36.7 Å². The van der Waals surface area contributed by atoms with E-state index in [0.29, 0.717) is 18.0 Å². The zero-order chi connectivity index (χ0) is 17.0. The second kappa shape index (κ2) is 7.73. The van der Waals surface area contributed by atoms with Crippen molar-refractivity contribution in [1.29, 1.82) is 5.26 Å². The number of nitrogens with zero attached hydrogens (tertiary/aromatic N) is 4. The average Bonchev–Trinajstić information content (AvgIpc) is 2.90. The van der Waals surface area contributed by atoms with E-state index in [1.807, 2.05) is 27.0 Å². The van der Waals surface area contributed by atoms with Crippen LogP contribution in [-0.4, -0.2) is 66.5 Å². The second-order valence-corrected chi connectivity index (χ2v) is 6.46. The van der Waals surface area contributed by atoms with Crippen LogP contribution in [-0.2, 0) is 0 Å². The summed E-state index contributed by atoms with van der Waals surface area (Å²) in [6.45, 7) is 7.18. The molecule has 126 valence electrons. The van der Waals surface area contributed by atoms with Crippen LogP contribution in [0.3, 0.4) is 0 Å². The summed E-state index contributed by atoms with van der Waals surface area (Å²) in [4.78, 5) is 8.86. The number of aliphatic hydroxyl groups excluding tert-OH is 2. The molecule has 1 saturated heterocycles. The molecule has 2 N–H and O–H groups in total. The highest BCUT2D eigenvalue weighted by atomic mass is 16.3. The molecule has 1 aromatic rings. The first kappa shape index (κ1) is 17.7. The van der Waals surface area contributed by atoms with Crippen LogP contribution in [0.2, 0.25) is 0 Å². The Morgan fingerprint density at radius 1 is 1.35 bits per heavy atom. The Kier molecular flexibility index (Phi) is 5.94. The van der Waals surface area contributed by atoms with Gasteiger partial charge in [-0.3, -0.25) is 0 Å². The third kappa shape index (κ3) is 3.99. The number of hydrogen-bond donors (Lipinski definition) is 2. The maximum atomic E-state index is 9.68. The molecule has 0 aliphatic carbocycles. The quantitative estimate of drug-likeness (QED) is 0.796. The maximum absolute atomic E-state index is 9.68. The molecule has 6 nitrogen and oxygen atoms in total. The number of aliphatic hydroxyl groups is 2. The third-order valence-corrected chi connectivity index (χ3v) is 4.66. The van der Waals surface area contributed by atoms with Crippen molar-refractivity contribution in [3.8, 4) is 6.07 Å². The predicted molar refractivity (Wildman–Crippen MR) is 89.3 cm³/mol. The van der Waals surface area contributed by atoms with Crippen LogP contribution in [0.25, 0.3) is 0 Å². The lowest BCUT2D eigenvalue weighted by molar-refractivity contribution is 0.160. The SMILES string of the molecule is Cc1cc(N2C[C@@H](CN(C)CCO)[C@@H](CO)C2)nc(C)c1C#N. The molecule has 23 heavy (non-hydrogen) atoms. The summed E-state index contributed by atoms with van der Waals surface area (Å²) in [5, 5.41) is 27.9. The molecule has 1 aromatic heterocycles. The number of aromatic nitrogens is 1. The van der Waals surface area contributed by atoms with Gasteiger partial charge in [0.05, 0.1) is 17.9 Å². The van der Waals surface area contributed by atoms with Gasteiger partial charge >= 0.3 is 0 Å². The van der Waals surface area contributed by atoms with E-state index in [9.17, 15) is 5.11 Å². The van der Waals surface area contributed by atoms with Crippen molar-refractivity contribution < 1.29 is 10.2 Å². The summed E-state index contributed by atoms with van der Waals surface area (Å²) < 4.78 is 0. The fourth-order valence-electron chi connectivity index (χ4n) is 3.34. The zero-order valence-corrected chi connectivity index (χ0v) is 14.2. The summed E-state index contributed by atoms with van der Waals surface area (Å²) in [5.41, 5.74) is 2.34. The smallest absolute Gasteiger partial charge is 0.129 e. The van der Waals surface area contributed by atoms with Crippen molar-refractivity contribution in [1.82, 2.24) is 9.88 Å². The lowest BCUT2D eigenvalue weighted by atomic mass is 9.96. The number of hydrogen-bond acceptors (Lipinski definition) is 6. The molecular formula is C17H26N4O2. The molecule has 6 heteroatoms. The first-order valence-electron chi connectivity index (χ1n) is 8.03. The second-order valence-electron chi connectivity index (χ2n) is 6.46. The molecular weight excluding hydrogens is 292 g/mol. The van der Waals surface area contributed by atoms with Crippen LogP contribution in [0.4, 0.5) is 5.82 Å². The summed E-state index contributed by atoms with van der Waals surface area (Å²) in [5.74, 6) is 1.42. The van der Waals surface area contributed by atoms with Crippen LogP contribution in [0, 0.1) is 37.0 Å². The summed E-state index contributed by atoms with van der Waals surface area (Å²) in [7, 11) is 1.99. The Morgan fingerprint density at radius 2 is 2.04 bits per heavy atom. The number of aryl methyl sites for hydroxylation is 2. The first-order valence-corrected chi connectivity index (χ1v) is 8.03. The van der Waals surface area contributed by atoms with Crippen LogP contribution in [0.1, 0.15) is 16.8 Å². The summed E-state index contributed by atoms with van der Waals surface area (Å²) in [6.07, 6.45) is 0. The lowest BCUT2D eigenvalue weighted by Crippen LogP contribution is -2.33. The molecule has 0 saturated carbocycles. The van der Waals surface area contributed by atoms with Gasteiger partial charge in [-0.25, -0.2) is 4.98 Å². The standard InChI is InChI=1S/C17H26N4O2/c1-12-6-17(19-13(2)16(12)7-18)21-9-14(15(10-21)11-23)8-20(3)4-5-22/h6,14-15,22-23H,4-5,8-11H2,1-3H3/t14-,15-/m1/s1. The van der Waals surface area contributed by atoms with E-state index < -0.39 is 0 Å². The van der Waals surface area contributed by atoms with Gasteiger partial charge < -0.3 is 20.0 Å². The predicted octanol–water partition coefficient (Wildman–Crippen LogP) is 0.539. The number of rotatable bonds is 6. The minimum Gasteiger partial charge on any atom is -0.396 e. The van der Waals surface area contributed by atoms with Gasteiger partial charge in [0.15, 0.2) is 0 Å². The van der Waals surface area contributed by atoms with E-state index in [2.05, 4.69) is 20.9 Å². The molecule has 0 radical (unpaired) electrons. The minimum atomic E-state index is 0.145. The molecule has 2 rings (SSSR count). The van der Waals surface area contributed by atoms with Gasteiger partial charge in [-0.1, -0.05) is 0 Å². The first-order chi connectivity index (χ1) is 11.0. The Morgan fingerprint density at radius 3 is 2.61 bits per heavy atom. The van der Waals surface area contributed by atoms with Crippen LogP contribution in [0.5, 0.6) is 0 Å². The van der Waals surface area contributed by atoms with Crippen molar-refractivity contribution in [3.63, 3.8) is 0 Å². The maximum Gasteiger partial charge on any atom is 0.129 e. The average molecular weight is 318 g/mol. The molecule has 0 spiro atoms. The van der Waals surface area contributed by atoms with E-state index in [-0.39, 0.29) is 19.1 Å². The molecule has 0 unspecified atom stereocenters. The fraction of sp³-hybridized carbons (Fsp3) is 0.647. The lowest BCUT2D eigenvalue weighted by Gasteiger charge is -2.23. The van der Waals surface area contributed by atoms with Gasteiger partial charge in [0.2, 0.25) is 0 Å². The van der Waals surface area contributed by atoms with E-state index in [4.69, 9.17) is 10.4 Å². The van der Waals surface area contributed by atoms with Gasteiger partial charge in [0.25, 0.3) is 0 Å². The van der Waals surface area contributed by atoms with Gasteiger partial charge in [0, 0.05) is 38.7 Å². The van der Waals surface area contributed by atoms with Crippen LogP contribution < -0.4 is 4.90 Å². The van der Waals surface area contributed by atoms with Gasteiger partial charge in [-0.15, -0.1) is 0 Å². The van der Waals surface area contributed by atoms with Crippen molar-refractivity contribution in [2.75, 3.05) is 51.3 Å². The highest BCUT2D eigenvalue weighted by Crippen LogP contribution is 2.29. The highest BCUT2D eigenvalue weighted by Gasteiger charge is 2.33. The highest BCUT2D eigenvalue weighted by molar-refractivity contribution is 5.50. The van der Waals surface area contributed by atoms with Gasteiger partial charge in [-0.05, 0) is 38.4 Å². The third-order valence-electron chi connectivity index (χ3n) is 4.66. The van der Waals surface area contributed by atoms with Crippen LogP contribution >= 0.6 is 0 Å². The van der Waals surface area contributed by atoms with Crippen molar-refractivity contribution >= 4 is 5.82 Å². The number of pyridine rings is 1. The fourth-order valence-corrected chi connectivity index (χ4v) is 3.34. The molecule has 1 fully saturated rings. The normalized spacial score (nSPS) is 21.0. The number of likely N-dealkylation sites (N-methyl/N-ethyl adjacent to an activating group) is 1. The molecule has 1 aliphatic rings. The van der Waals surface area contributed by atoms with Crippen molar-refractivity contribution in [2.45, 2.75) is 13.8 Å². The molecule has 0 aromatic carbocycles. The number of anilines is 1.